The molecule has 0 aliphatic carbocycles. The summed E-state index contributed by atoms with van der Waals surface area (Å²) in [6, 6.07) is 7.86. The molecular formula is C16H25Cl2N3O. The Kier molecular flexibility index (Phi) is 7.46. The molecule has 1 aromatic carbocycles. The lowest BCUT2D eigenvalue weighted by atomic mass is 10.0. The minimum Gasteiger partial charge on any atom is -0.399 e. The van der Waals surface area contributed by atoms with Crippen LogP contribution in [-0.2, 0) is 0 Å². The van der Waals surface area contributed by atoms with E-state index in [2.05, 4.69) is 4.90 Å². The maximum Gasteiger partial charge on any atom is 0.253 e. The molecule has 6 heteroatoms. The molecule has 22 heavy (non-hydrogen) atoms. The third-order valence-electron chi connectivity index (χ3n) is 4.47. The van der Waals surface area contributed by atoms with E-state index in [-0.39, 0.29) is 30.7 Å². The molecule has 2 N–H and O–H groups in total. The van der Waals surface area contributed by atoms with E-state index < -0.39 is 0 Å². The fourth-order valence-electron chi connectivity index (χ4n) is 3.40. The van der Waals surface area contributed by atoms with Crippen LogP contribution in [0.2, 0.25) is 0 Å². The van der Waals surface area contributed by atoms with E-state index in [1.807, 2.05) is 23.1 Å². The molecule has 1 amide bonds. The highest BCUT2D eigenvalue weighted by Gasteiger charge is 2.29. The van der Waals surface area contributed by atoms with Gasteiger partial charge in [-0.05, 0) is 57.0 Å². The second kappa shape index (κ2) is 8.61. The first kappa shape index (κ1) is 19.1. The maximum atomic E-state index is 12.6. The second-order valence-corrected chi connectivity index (χ2v) is 5.92. The van der Waals surface area contributed by atoms with Crippen molar-refractivity contribution in [2.75, 3.05) is 31.9 Å². The molecule has 2 saturated heterocycles. The largest absolute Gasteiger partial charge is 0.399 e. The molecule has 3 rings (SSSR count). The first-order valence-electron chi connectivity index (χ1n) is 7.63. The molecule has 0 spiro atoms. The van der Waals surface area contributed by atoms with Crippen LogP contribution in [0.1, 0.15) is 36.0 Å². The summed E-state index contributed by atoms with van der Waals surface area (Å²) in [6.45, 7) is 4.14. The number of piperidine rings is 1. The van der Waals surface area contributed by atoms with E-state index in [9.17, 15) is 4.79 Å². The highest BCUT2D eigenvalue weighted by Crippen LogP contribution is 2.22. The Labute approximate surface area is 144 Å². The number of nitrogens with two attached hydrogens (primary N) is 1. The van der Waals surface area contributed by atoms with Gasteiger partial charge in [-0.15, -0.1) is 24.8 Å². The van der Waals surface area contributed by atoms with Gasteiger partial charge in [-0.25, -0.2) is 0 Å². The molecule has 2 aliphatic heterocycles. The maximum absolute atomic E-state index is 12.6. The summed E-state index contributed by atoms with van der Waals surface area (Å²) >= 11 is 0. The fraction of sp³-hybridized carbons (Fsp3) is 0.562. The van der Waals surface area contributed by atoms with Crippen molar-refractivity contribution in [3.8, 4) is 0 Å². The predicted molar refractivity (Wildman–Crippen MR) is 95.1 cm³/mol. The quantitative estimate of drug-likeness (QED) is 0.838. The van der Waals surface area contributed by atoms with Gasteiger partial charge in [0.25, 0.3) is 5.91 Å². The lowest BCUT2D eigenvalue weighted by molar-refractivity contribution is 0.0608. The van der Waals surface area contributed by atoms with Gasteiger partial charge in [0.1, 0.15) is 0 Å². The average molecular weight is 346 g/mol. The van der Waals surface area contributed by atoms with Crippen LogP contribution in [0, 0.1) is 0 Å². The number of carbonyl (C=O) groups is 1. The van der Waals surface area contributed by atoms with Crippen LogP contribution < -0.4 is 5.73 Å². The Morgan fingerprint density at radius 3 is 2.50 bits per heavy atom. The number of carbonyl (C=O) groups excluding carboxylic acids is 1. The molecule has 1 unspecified atom stereocenters. The molecule has 0 aromatic heterocycles. The molecule has 0 bridgehead atoms. The fourth-order valence-corrected chi connectivity index (χ4v) is 3.40. The van der Waals surface area contributed by atoms with Crippen LogP contribution in [0.5, 0.6) is 0 Å². The topological polar surface area (TPSA) is 49.6 Å². The zero-order chi connectivity index (χ0) is 13.9. The molecule has 4 nitrogen and oxygen atoms in total. The van der Waals surface area contributed by atoms with Crippen molar-refractivity contribution < 1.29 is 4.79 Å². The molecule has 2 fully saturated rings. The van der Waals surface area contributed by atoms with Crippen LogP contribution in [-0.4, -0.2) is 47.9 Å². The lowest BCUT2D eigenvalue weighted by Crippen LogP contribution is -2.49. The summed E-state index contributed by atoms with van der Waals surface area (Å²) in [7, 11) is 0. The number of hydrogen-bond acceptors (Lipinski definition) is 3. The minimum atomic E-state index is 0. The monoisotopic (exact) mass is 345 g/mol. The van der Waals surface area contributed by atoms with Gasteiger partial charge >= 0.3 is 0 Å². The van der Waals surface area contributed by atoms with Crippen molar-refractivity contribution in [2.45, 2.75) is 31.7 Å². The van der Waals surface area contributed by atoms with Crippen LogP contribution >= 0.6 is 24.8 Å². The normalized spacial score (nSPS) is 21.8. The van der Waals surface area contributed by atoms with Crippen LogP contribution in [0.3, 0.4) is 0 Å². The molecule has 0 saturated carbocycles. The number of anilines is 1. The van der Waals surface area contributed by atoms with Gasteiger partial charge in [0.15, 0.2) is 0 Å². The smallest absolute Gasteiger partial charge is 0.253 e. The van der Waals surface area contributed by atoms with Gasteiger partial charge in [0, 0.05) is 30.4 Å². The second-order valence-electron chi connectivity index (χ2n) is 5.92. The number of likely N-dealkylation sites (tertiary alicyclic amines) is 2. The van der Waals surface area contributed by atoms with Crippen molar-refractivity contribution in [1.82, 2.24) is 9.80 Å². The molecule has 124 valence electrons. The summed E-state index contributed by atoms with van der Waals surface area (Å²) in [5.74, 6) is 0.126. The minimum absolute atomic E-state index is 0. The van der Waals surface area contributed by atoms with E-state index >= 15 is 0 Å². The SMILES string of the molecule is Cl.Cl.Nc1cccc(C(=O)N2CCCC(N3CCCC3)C2)c1. The van der Waals surface area contributed by atoms with Crippen LogP contribution in [0.15, 0.2) is 24.3 Å². The number of halogens is 2. The lowest BCUT2D eigenvalue weighted by Gasteiger charge is -2.37. The Morgan fingerprint density at radius 2 is 1.82 bits per heavy atom. The van der Waals surface area contributed by atoms with Crippen molar-refractivity contribution in [2.24, 2.45) is 0 Å². The van der Waals surface area contributed by atoms with Gasteiger partial charge in [-0.3, -0.25) is 9.69 Å². The van der Waals surface area contributed by atoms with Crippen molar-refractivity contribution in [1.29, 1.82) is 0 Å². The molecule has 1 aromatic rings. The van der Waals surface area contributed by atoms with Gasteiger partial charge in [-0.1, -0.05) is 6.07 Å². The Morgan fingerprint density at radius 1 is 1.09 bits per heavy atom. The number of rotatable bonds is 2. The Balaban J connectivity index is 0.00000121. The van der Waals surface area contributed by atoms with E-state index in [0.29, 0.717) is 17.3 Å². The summed E-state index contributed by atoms with van der Waals surface area (Å²) in [5, 5.41) is 0. The summed E-state index contributed by atoms with van der Waals surface area (Å²) in [5.41, 5.74) is 7.15. The van der Waals surface area contributed by atoms with E-state index in [1.165, 1.54) is 32.4 Å². The number of amides is 1. The Hall–Kier alpha value is -0.970. The molecule has 2 heterocycles. The first-order chi connectivity index (χ1) is 9.74. The zero-order valence-corrected chi connectivity index (χ0v) is 14.4. The van der Waals surface area contributed by atoms with E-state index in [0.717, 1.165) is 19.5 Å². The van der Waals surface area contributed by atoms with Crippen molar-refractivity contribution >= 4 is 36.4 Å². The summed E-state index contributed by atoms with van der Waals surface area (Å²) in [4.78, 5) is 17.1. The van der Waals surface area contributed by atoms with Crippen molar-refractivity contribution in [3.05, 3.63) is 29.8 Å². The summed E-state index contributed by atoms with van der Waals surface area (Å²) < 4.78 is 0. The average Bonchev–Trinajstić information content (AvgIpc) is 3.01. The number of nitrogen functional groups attached to an aromatic ring is 1. The third kappa shape index (κ3) is 4.28. The van der Waals surface area contributed by atoms with Crippen LogP contribution in [0.25, 0.3) is 0 Å². The van der Waals surface area contributed by atoms with Gasteiger partial charge < -0.3 is 10.6 Å². The predicted octanol–water partition coefficient (Wildman–Crippen LogP) is 2.81. The molecular weight excluding hydrogens is 321 g/mol. The highest BCUT2D eigenvalue weighted by molar-refractivity contribution is 5.95. The van der Waals surface area contributed by atoms with Gasteiger partial charge in [0.2, 0.25) is 0 Å². The van der Waals surface area contributed by atoms with Crippen LogP contribution in [0.4, 0.5) is 5.69 Å². The summed E-state index contributed by atoms with van der Waals surface area (Å²) in [6.07, 6.45) is 4.94. The van der Waals surface area contributed by atoms with Gasteiger partial charge in [-0.2, -0.15) is 0 Å². The van der Waals surface area contributed by atoms with E-state index in [1.54, 1.807) is 6.07 Å². The number of hydrogen-bond donors (Lipinski definition) is 1. The zero-order valence-electron chi connectivity index (χ0n) is 12.7. The molecule has 2 aliphatic rings. The Bertz CT molecular complexity index is 492. The molecule has 1 atom stereocenters. The molecule has 0 radical (unpaired) electrons. The van der Waals surface area contributed by atoms with Crippen molar-refractivity contribution in [3.63, 3.8) is 0 Å². The standard InChI is InChI=1S/C16H23N3O.2ClH/c17-14-6-3-5-13(11-14)16(20)19-10-4-7-15(12-19)18-8-1-2-9-18;;/h3,5-6,11,15H,1-2,4,7-10,12,17H2;2*1H. The number of nitrogens with zero attached hydrogens (tertiary/aromatic N) is 2. The first-order valence-corrected chi connectivity index (χ1v) is 7.63. The third-order valence-corrected chi connectivity index (χ3v) is 4.47. The number of benzene rings is 1. The van der Waals surface area contributed by atoms with Gasteiger partial charge in [0.05, 0.1) is 0 Å². The highest BCUT2D eigenvalue weighted by atomic mass is 35.5. The van der Waals surface area contributed by atoms with E-state index in [4.69, 9.17) is 5.73 Å².